The van der Waals surface area contributed by atoms with Crippen molar-refractivity contribution in [2.75, 3.05) is 6.67 Å². The molecule has 0 spiro atoms. The Morgan fingerprint density at radius 3 is 2.50 bits per heavy atom. The molecule has 1 heteroatoms. The van der Waals surface area contributed by atoms with Gasteiger partial charge < -0.3 is 0 Å². The summed E-state index contributed by atoms with van der Waals surface area (Å²) in [6.07, 6.45) is 9.81. The molecule has 0 heterocycles. The maximum atomic E-state index is 12.6. The molecule has 2 aliphatic carbocycles. The van der Waals surface area contributed by atoms with Crippen LogP contribution in [0.15, 0.2) is 11.6 Å². The van der Waals surface area contributed by atoms with Crippen LogP contribution in [0.1, 0.15) is 52.4 Å². The predicted octanol–water partition coefficient (Wildman–Crippen LogP) is 4.75. The van der Waals surface area contributed by atoms with Gasteiger partial charge in [0.15, 0.2) is 0 Å². The van der Waals surface area contributed by atoms with Gasteiger partial charge in [-0.05, 0) is 69.1 Å². The van der Waals surface area contributed by atoms with Crippen LogP contribution >= 0.6 is 0 Å². The second-order valence-corrected chi connectivity index (χ2v) is 6.07. The fraction of sp³-hybridized carbons (Fsp3) is 0.867. The minimum Gasteiger partial charge on any atom is -0.251 e. The number of rotatable bonds is 2. The third-order valence-electron chi connectivity index (χ3n) is 4.83. The second-order valence-electron chi connectivity index (χ2n) is 6.07. The molecule has 0 aliphatic heterocycles. The van der Waals surface area contributed by atoms with Gasteiger partial charge in [-0.1, -0.05) is 18.6 Å². The monoisotopic (exact) mass is 224 g/mol. The molecule has 0 nitrogen and oxygen atoms in total. The van der Waals surface area contributed by atoms with E-state index in [0.717, 1.165) is 30.6 Å². The van der Waals surface area contributed by atoms with E-state index in [1.165, 1.54) is 25.7 Å². The third-order valence-corrected chi connectivity index (χ3v) is 4.83. The normalized spacial score (nSPS) is 40.6. The van der Waals surface area contributed by atoms with Gasteiger partial charge in [-0.3, -0.25) is 4.39 Å². The van der Waals surface area contributed by atoms with Gasteiger partial charge in [-0.25, -0.2) is 0 Å². The molecule has 0 aromatic carbocycles. The summed E-state index contributed by atoms with van der Waals surface area (Å²) in [5, 5.41) is 0. The summed E-state index contributed by atoms with van der Waals surface area (Å²) in [7, 11) is 0. The molecule has 92 valence electrons. The largest absolute Gasteiger partial charge is 0.251 e. The van der Waals surface area contributed by atoms with Crippen molar-refractivity contribution in [3.63, 3.8) is 0 Å². The number of alkyl halides is 1. The zero-order chi connectivity index (χ0) is 11.5. The van der Waals surface area contributed by atoms with E-state index in [0.29, 0.717) is 5.92 Å². The Kier molecular flexibility index (Phi) is 4.05. The molecule has 0 N–H and O–H groups in total. The summed E-state index contributed by atoms with van der Waals surface area (Å²) in [5.74, 6) is 2.98. The molecular weight excluding hydrogens is 199 g/mol. The molecule has 16 heavy (non-hydrogen) atoms. The average Bonchev–Trinajstić information content (AvgIpc) is 2.29. The van der Waals surface area contributed by atoms with E-state index >= 15 is 0 Å². The fourth-order valence-electron chi connectivity index (χ4n) is 3.74. The van der Waals surface area contributed by atoms with Crippen LogP contribution in [-0.4, -0.2) is 6.67 Å². The molecule has 0 aromatic rings. The minimum absolute atomic E-state index is 0.0913. The van der Waals surface area contributed by atoms with E-state index in [1.54, 1.807) is 5.57 Å². The lowest BCUT2D eigenvalue weighted by Crippen LogP contribution is -2.28. The zero-order valence-corrected chi connectivity index (χ0v) is 10.7. The molecule has 0 radical (unpaired) electrons. The van der Waals surface area contributed by atoms with Crippen molar-refractivity contribution in [1.82, 2.24) is 0 Å². The smallest absolute Gasteiger partial charge is 0.0922 e. The van der Waals surface area contributed by atoms with Gasteiger partial charge in [0.1, 0.15) is 0 Å². The lowest BCUT2D eigenvalue weighted by atomic mass is 9.68. The Labute approximate surface area is 99.3 Å². The van der Waals surface area contributed by atoms with Crippen LogP contribution in [-0.2, 0) is 0 Å². The van der Waals surface area contributed by atoms with Gasteiger partial charge >= 0.3 is 0 Å². The second kappa shape index (κ2) is 5.33. The Morgan fingerprint density at radius 2 is 1.94 bits per heavy atom. The summed E-state index contributed by atoms with van der Waals surface area (Å²) in [5.41, 5.74) is 1.57. The summed E-state index contributed by atoms with van der Waals surface area (Å²) in [4.78, 5) is 0. The highest BCUT2D eigenvalue weighted by atomic mass is 19.1. The van der Waals surface area contributed by atoms with Crippen LogP contribution in [0, 0.1) is 23.7 Å². The van der Waals surface area contributed by atoms with Crippen molar-refractivity contribution >= 4 is 0 Å². The highest BCUT2D eigenvalue weighted by Crippen LogP contribution is 2.42. The molecule has 1 saturated carbocycles. The predicted molar refractivity (Wildman–Crippen MR) is 67.1 cm³/mol. The number of hydrogen-bond donors (Lipinski definition) is 0. The number of hydrogen-bond acceptors (Lipinski definition) is 0. The highest BCUT2D eigenvalue weighted by molar-refractivity contribution is 5.06. The lowest BCUT2D eigenvalue weighted by molar-refractivity contribution is 0.142. The van der Waals surface area contributed by atoms with E-state index in [1.807, 2.05) is 0 Å². The SMILES string of the molecule is CC1=CCC(C2CCC(CF)CC2)C(C)C1. The molecular formula is C15H25F. The van der Waals surface area contributed by atoms with E-state index < -0.39 is 0 Å². The average molecular weight is 224 g/mol. The standard InChI is InChI=1S/C15H25F/c1-11-3-8-15(12(2)9-11)14-6-4-13(10-16)5-7-14/h3,12-15H,4-10H2,1-2H3. The Balaban J connectivity index is 1.89. The first-order chi connectivity index (χ1) is 7.70. The number of allylic oxidation sites excluding steroid dienone is 2. The summed E-state index contributed by atoms with van der Waals surface area (Å²) >= 11 is 0. The Morgan fingerprint density at radius 1 is 1.25 bits per heavy atom. The van der Waals surface area contributed by atoms with E-state index in [-0.39, 0.29) is 6.67 Å². The van der Waals surface area contributed by atoms with Gasteiger partial charge in [-0.2, -0.15) is 0 Å². The van der Waals surface area contributed by atoms with Gasteiger partial charge in [-0.15, -0.1) is 0 Å². The minimum atomic E-state index is -0.0913. The van der Waals surface area contributed by atoms with Crippen molar-refractivity contribution in [2.24, 2.45) is 23.7 Å². The molecule has 0 aromatic heterocycles. The fourth-order valence-corrected chi connectivity index (χ4v) is 3.74. The van der Waals surface area contributed by atoms with Crippen molar-refractivity contribution < 1.29 is 4.39 Å². The van der Waals surface area contributed by atoms with E-state index in [9.17, 15) is 4.39 Å². The number of halogens is 1. The first kappa shape index (κ1) is 12.1. The van der Waals surface area contributed by atoms with Gasteiger partial charge in [0.05, 0.1) is 6.67 Å². The molecule has 2 rings (SSSR count). The topological polar surface area (TPSA) is 0 Å². The van der Waals surface area contributed by atoms with Gasteiger partial charge in [0.2, 0.25) is 0 Å². The van der Waals surface area contributed by atoms with Crippen LogP contribution < -0.4 is 0 Å². The van der Waals surface area contributed by atoms with E-state index in [2.05, 4.69) is 19.9 Å². The maximum absolute atomic E-state index is 12.6. The maximum Gasteiger partial charge on any atom is 0.0922 e. The summed E-state index contributed by atoms with van der Waals surface area (Å²) in [6.45, 7) is 4.57. The van der Waals surface area contributed by atoms with Gasteiger partial charge in [0.25, 0.3) is 0 Å². The van der Waals surface area contributed by atoms with Crippen LogP contribution in [0.2, 0.25) is 0 Å². The molecule has 2 aliphatic rings. The first-order valence-electron chi connectivity index (χ1n) is 6.92. The quantitative estimate of drug-likeness (QED) is 0.593. The van der Waals surface area contributed by atoms with Gasteiger partial charge in [0, 0.05) is 0 Å². The van der Waals surface area contributed by atoms with Crippen LogP contribution in [0.3, 0.4) is 0 Å². The Hall–Kier alpha value is -0.330. The lowest BCUT2D eigenvalue weighted by Gasteiger charge is -2.38. The van der Waals surface area contributed by atoms with Crippen molar-refractivity contribution in [3.05, 3.63) is 11.6 Å². The molecule has 0 bridgehead atoms. The van der Waals surface area contributed by atoms with Crippen LogP contribution in [0.5, 0.6) is 0 Å². The van der Waals surface area contributed by atoms with Crippen molar-refractivity contribution in [2.45, 2.75) is 52.4 Å². The van der Waals surface area contributed by atoms with Crippen molar-refractivity contribution in [3.8, 4) is 0 Å². The highest BCUT2D eigenvalue weighted by Gasteiger charge is 2.31. The van der Waals surface area contributed by atoms with Crippen molar-refractivity contribution in [1.29, 1.82) is 0 Å². The van der Waals surface area contributed by atoms with Crippen LogP contribution in [0.4, 0.5) is 4.39 Å². The Bertz CT molecular complexity index is 248. The summed E-state index contributed by atoms with van der Waals surface area (Å²) in [6, 6.07) is 0. The molecule has 1 fully saturated rings. The molecule has 0 amide bonds. The zero-order valence-electron chi connectivity index (χ0n) is 10.7. The molecule has 2 unspecified atom stereocenters. The summed E-state index contributed by atoms with van der Waals surface area (Å²) < 4.78 is 12.6. The molecule has 0 saturated heterocycles. The van der Waals surface area contributed by atoms with E-state index in [4.69, 9.17) is 0 Å². The molecule has 2 atom stereocenters. The third kappa shape index (κ3) is 2.67. The first-order valence-corrected chi connectivity index (χ1v) is 6.92. The van der Waals surface area contributed by atoms with Crippen LogP contribution in [0.25, 0.3) is 0 Å².